The average Bonchev–Trinajstić information content (AvgIpc) is 2.58. The molecule has 1 saturated heterocycles. The number of hydrogen-bond donors (Lipinski definition) is 2. The summed E-state index contributed by atoms with van der Waals surface area (Å²) in [6.07, 6.45) is 2.04. The summed E-state index contributed by atoms with van der Waals surface area (Å²) in [7, 11) is 1.35. The number of nitro benzene ring substituents is 1. The molecule has 8 heteroatoms. The molecule has 0 aliphatic carbocycles. The Kier molecular flexibility index (Phi) is 5.97. The molecule has 1 amide bonds. The Labute approximate surface area is 140 Å². The van der Waals surface area contributed by atoms with E-state index in [1.165, 1.54) is 25.3 Å². The van der Waals surface area contributed by atoms with Crippen LogP contribution in [0.1, 0.15) is 19.8 Å². The molecule has 132 valence electrons. The summed E-state index contributed by atoms with van der Waals surface area (Å²) < 4.78 is 10.4. The molecule has 1 aliphatic heterocycles. The van der Waals surface area contributed by atoms with Crippen LogP contribution in [0.4, 0.5) is 5.69 Å². The molecule has 0 unspecified atom stereocenters. The van der Waals surface area contributed by atoms with Crippen LogP contribution < -0.4 is 20.1 Å². The van der Waals surface area contributed by atoms with Crippen LogP contribution in [0.15, 0.2) is 18.2 Å². The van der Waals surface area contributed by atoms with Crippen LogP contribution in [0.5, 0.6) is 11.5 Å². The van der Waals surface area contributed by atoms with Crippen molar-refractivity contribution in [3.63, 3.8) is 0 Å². The highest BCUT2D eigenvalue weighted by atomic mass is 16.6. The number of piperidine rings is 1. The van der Waals surface area contributed by atoms with Gasteiger partial charge in [0.25, 0.3) is 5.91 Å². The number of carbonyl (C=O) groups excluding carboxylic acids is 1. The van der Waals surface area contributed by atoms with Gasteiger partial charge in [0.2, 0.25) is 5.75 Å². The molecule has 1 aliphatic rings. The van der Waals surface area contributed by atoms with Crippen LogP contribution in [0.2, 0.25) is 0 Å². The maximum absolute atomic E-state index is 11.9. The molecule has 0 spiro atoms. The van der Waals surface area contributed by atoms with Crippen molar-refractivity contribution in [2.24, 2.45) is 5.41 Å². The number of ether oxygens (including phenoxy) is 2. The van der Waals surface area contributed by atoms with E-state index in [9.17, 15) is 14.9 Å². The summed E-state index contributed by atoms with van der Waals surface area (Å²) >= 11 is 0. The third-order valence-electron chi connectivity index (χ3n) is 4.24. The van der Waals surface area contributed by atoms with E-state index in [2.05, 4.69) is 17.6 Å². The molecule has 1 aromatic rings. The zero-order valence-electron chi connectivity index (χ0n) is 14.0. The summed E-state index contributed by atoms with van der Waals surface area (Å²) in [6.45, 7) is 4.56. The van der Waals surface area contributed by atoms with Crippen LogP contribution >= 0.6 is 0 Å². The van der Waals surface area contributed by atoms with Gasteiger partial charge in [0.05, 0.1) is 12.0 Å². The molecule has 0 atom stereocenters. The predicted octanol–water partition coefficient (Wildman–Crippen LogP) is 1.49. The van der Waals surface area contributed by atoms with Crippen LogP contribution in [-0.2, 0) is 4.79 Å². The first-order valence-corrected chi connectivity index (χ1v) is 7.86. The second-order valence-corrected chi connectivity index (χ2v) is 6.22. The van der Waals surface area contributed by atoms with Crippen molar-refractivity contribution in [1.29, 1.82) is 0 Å². The van der Waals surface area contributed by atoms with E-state index in [1.54, 1.807) is 0 Å². The minimum Gasteiger partial charge on any atom is -0.490 e. The molecule has 0 radical (unpaired) electrons. The van der Waals surface area contributed by atoms with Gasteiger partial charge in [-0.1, -0.05) is 6.92 Å². The van der Waals surface area contributed by atoms with Crippen LogP contribution in [0, 0.1) is 15.5 Å². The molecular formula is C16H23N3O5. The van der Waals surface area contributed by atoms with Gasteiger partial charge in [-0.3, -0.25) is 14.9 Å². The van der Waals surface area contributed by atoms with E-state index >= 15 is 0 Å². The van der Waals surface area contributed by atoms with Gasteiger partial charge in [-0.2, -0.15) is 0 Å². The second-order valence-electron chi connectivity index (χ2n) is 6.22. The number of methoxy groups -OCH3 is 1. The first-order chi connectivity index (χ1) is 11.4. The molecule has 0 aromatic heterocycles. The van der Waals surface area contributed by atoms with E-state index in [4.69, 9.17) is 9.47 Å². The lowest BCUT2D eigenvalue weighted by atomic mass is 9.81. The molecule has 8 nitrogen and oxygen atoms in total. The van der Waals surface area contributed by atoms with Gasteiger partial charge in [0.15, 0.2) is 6.61 Å². The van der Waals surface area contributed by atoms with Crippen molar-refractivity contribution in [2.45, 2.75) is 19.8 Å². The fourth-order valence-corrected chi connectivity index (χ4v) is 2.62. The van der Waals surface area contributed by atoms with E-state index in [0.717, 1.165) is 25.9 Å². The van der Waals surface area contributed by atoms with Crippen LogP contribution in [-0.4, -0.2) is 44.2 Å². The summed E-state index contributed by atoms with van der Waals surface area (Å²) in [6, 6.07) is 4.14. The zero-order chi connectivity index (χ0) is 17.6. The maximum Gasteiger partial charge on any atom is 0.311 e. The molecular weight excluding hydrogens is 314 g/mol. The lowest BCUT2D eigenvalue weighted by molar-refractivity contribution is -0.385. The smallest absolute Gasteiger partial charge is 0.311 e. The van der Waals surface area contributed by atoms with Gasteiger partial charge < -0.3 is 20.1 Å². The van der Waals surface area contributed by atoms with Crippen molar-refractivity contribution >= 4 is 11.6 Å². The highest BCUT2D eigenvalue weighted by Gasteiger charge is 2.27. The third kappa shape index (κ3) is 4.82. The lowest BCUT2D eigenvalue weighted by Gasteiger charge is -2.34. The predicted molar refractivity (Wildman–Crippen MR) is 88.4 cm³/mol. The minimum atomic E-state index is -0.533. The third-order valence-corrected chi connectivity index (χ3v) is 4.24. The van der Waals surface area contributed by atoms with Gasteiger partial charge in [-0.25, -0.2) is 0 Å². The summed E-state index contributed by atoms with van der Waals surface area (Å²) in [4.78, 5) is 22.2. The normalized spacial score (nSPS) is 16.2. The fourth-order valence-electron chi connectivity index (χ4n) is 2.62. The number of rotatable bonds is 7. The Morgan fingerprint density at radius 3 is 2.75 bits per heavy atom. The quantitative estimate of drug-likeness (QED) is 0.577. The molecule has 0 bridgehead atoms. The number of benzene rings is 1. The van der Waals surface area contributed by atoms with E-state index in [1.807, 2.05) is 0 Å². The highest BCUT2D eigenvalue weighted by molar-refractivity contribution is 5.77. The SMILES string of the molecule is COc1cc(OCC(=O)NCC2(C)CCNCC2)ccc1[N+](=O)[O-]. The first-order valence-electron chi connectivity index (χ1n) is 7.86. The Balaban J connectivity index is 1.84. The van der Waals surface area contributed by atoms with Crippen LogP contribution in [0.25, 0.3) is 0 Å². The largest absolute Gasteiger partial charge is 0.490 e. The van der Waals surface area contributed by atoms with Crippen molar-refractivity contribution in [3.8, 4) is 11.5 Å². The molecule has 2 N–H and O–H groups in total. The zero-order valence-corrected chi connectivity index (χ0v) is 14.0. The van der Waals surface area contributed by atoms with Gasteiger partial charge in [0, 0.05) is 18.7 Å². The number of nitrogens with zero attached hydrogens (tertiary/aromatic N) is 1. The lowest BCUT2D eigenvalue weighted by Crippen LogP contribution is -2.43. The van der Waals surface area contributed by atoms with Crippen molar-refractivity contribution < 1.29 is 19.2 Å². The monoisotopic (exact) mass is 337 g/mol. The molecule has 24 heavy (non-hydrogen) atoms. The minimum absolute atomic E-state index is 0.0973. The molecule has 1 heterocycles. The van der Waals surface area contributed by atoms with Crippen LogP contribution in [0.3, 0.4) is 0 Å². The van der Waals surface area contributed by atoms with E-state index in [0.29, 0.717) is 12.3 Å². The van der Waals surface area contributed by atoms with Crippen molar-refractivity contribution in [1.82, 2.24) is 10.6 Å². The second kappa shape index (κ2) is 7.96. The Morgan fingerprint density at radius 1 is 1.42 bits per heavy atom. The number of carbonyl (C=O) groups is 1. The highest BCUT2D eigenvalue weighted by Crippen LogP contribution is 2.30. The van der Waals surface area contributed by atoms with Gasteiger partial charge in [0.1, 0.15) is 5.75 Å². The van der Waals surface area contributed by atoms with Gasteiger partial charge >= 0.3 is 5.69 Å². The molecule has 0 saturated carbocycles. The molecule has 1 fully saturated rings. The summed E-state index contributed by atoms with van der Waals surface area (Å²) in [5, 5.41) is 17.0. The Bertz CT molecular complexity index is 599. The molecule has 1 aromatic carbocycles. The number of amides is 1. The number of nitrogens with one attached hydrogen (secondary N) is 2. The van der Waals surface area contributed by atoms with Gasteiger partial charge in [-0.05, 0) is 37.4 Å². The average molecular weight is 337 g/mol. The summed E-state index contributed by atoms with van der Waals surface area (Å²) in [5.74, 6) is 0.230. The number of nitro groups is 1. The Hall–Kier alpha value is -2.35. The van der Waals surface area contributed by atoms with Crippen molar-refractivity contribution in [2.75, 3.05) is 33.4 Å². The standard InChI is InChI=1S/C16H23N3O5/c1-16(5-7-17-8-6-16)11-18-15(20)10-24-12-3-4-13(19(21)22)14(9-12)23-2/h3-4,9,17H,5-8,10-11H2,1-2H3,(H,18,20). The van der Waals surface area contributed by atoms with Crippen molar-refractivity contribution in [3.05, 3.63) is 28.3 Å². The number of hydrogen-bond acceptors (Lipinski definition) is 6. The topological polar surface area (TPSA) is 103 Å². The summed E-state index contributed by atoms with van der Waals surface area (Å²) in [5.41, 5.74) is -0.0366. The van der Waals surface area contributed by atoms with Gasteiger partial charge in [-0.15, -0.1) is 0 Å². The molecule has 2 rings (SSSR count). The van der Waals surface area contributed by atoms with E-state index in [-0.39, 0.29) is 29.4 Å². The maximum atomic E-state index is 11.9. The fraction of sp³-hybridized carbons (Fsp3) is 0.562. The van der Waals surface area contributed by atoms with E-state index < -0.39 is 4.92 Å². The first kappa shape index (κ1) is 18.0. The Morgan fingerprint density at radius 2 is 2.12 bits per heavy atom.